The average Bonchev–Trinajstić information content (AvgIpc) is 3.28. The maximum absolute atomic E-state index is 9.39. The van der Waals surface area contributed by atoms with E-state index in [-0.39, 0.29) is 5.41 Å². The van der Waals surface area contributed by atoms with E-state index in [0.717, 1.165) is 30.7 Å². The van der Waals surface area contributed by atoms with E-state index in [1.165, 1.54) is 16.6 Å². The van der Waals surface area contributed by atoms with Crippen LogP contribution in [-0.2, 0) is 0 Å². The van der Waals surface area contributed by atoms with E-state index in [1.54, 1.807) is 0 Å². The molecule has 2 heterocycles. The molecule has 1 N–H and O–H groups in total. The predicted molar refractivity (Wildman–Crippen MR) is 106 cm³/mol. The van der Waals surface area contributed by atoms with E-state index in [4.69, 9.17) is 0 Å². The molecule has 1 saturated heterocycles. The molecule has 0 aliphatic carbocycles. The second kappa shape index (κ2) is 7.03. The van der Waals surface area contributed by atoms with Gasteiger partial charge in [-0.25, -0.2) is 0 Å². The lowest BCUT2D eigenvalue weighted by Crippen LogP contribution is -2.24. The molecule has 0 saturated carbocycles. The summed E-state index contributed by atoms with van der Waals surface area (Å²) in [7, 11) is 0. The summed E-state index contributed by atoms with van der Waals surface area (Å²) in [5.74, 6) is 0. The van der Waals surface area contributed by atoms with E-state index < -0.39 is 0 Å². The van der Waals surface area contributed by atoms with Crippen LogP contribution in [0, 0.1) is 16.7 Å². The summed E-state index contributed by atoms with van der Waals surface area (Å²) in [4.78, 5) is 5.86. The number of H-pyrrole nitrogens is 1. The van der Waals surface area contributed by atoms with E-state index in [0.29, 0.717) is 0 Å². The number of nitriles is 1. The van der Waals surface area contributed by atoms with Crippen LogP contribution in [0.3, 0.4) is 0 Å². The van der Waals surface area contributed by atoms with E-state index >= 15 is 0 Å². The van der Waals surface area contributed by atoms with Crippen LogP contribution in [-0.4, -0.2) is 18.1 Å². The standard InChI is InChI=1S/C20H19N3.C2H6/c1-20(13-21)10-11-23(14-20)19-9-5-3-7-16(19)18-12-15-6-2-4-8-17(15)22-18;1-2/h2-9,12,22H,10-11,14H2,1H3;1-2H3. The highest BCUT2D eigenvalue weighted by molar-refractivity contribution is 5.89. The van der Waals surface area contributed by atoms with Crippen LogP contribution in [0.15, 0.2) is 54.6 Å². The molecule has 3 heteroatoms. The lowest BCUT2D eigenvalue weighted by molar-refractivity contribution is 0.502. The van der Waals surface area contributed by atoms with Gasteiger partial charge in [-0.15, -0.1) is 0 Å². The monoisotopic (exact) mass is 331 g/mol. The lowest BCUT2D eigenvalue weighted by atomic mass is 9.92. The molecule has 0 bridgehead atoms. The fraction of sp³-hybridized carbons (Fsp3) is 0.318. The Morgan fingerprint density at radius 3 is 2.52 bits per heavy atom. The largest absolute Gasteiger partial charge is 0.369 e. The molecule has 0 amide bonds. The Bertz CT molecular complexity index is 870. The smallest absolute Gasteiger partial charge is 0.0737 e. The number of aromatic amines is 1. The zero-order chi connectivity index (χ0) is 17.9. The predicted octanol–water partition coefficient (Wildman–Crippen LogP) is 5.60. The maximum Gasteiger partial charge on any atom is 0.0737 e. The van der Waals surface area contributed by atoms with E-state index in [2.05, 4.69) is 71.4 Å². The van der Waals surface area contributed by atoms with Crippen LogP contribution in [0.25, 0.3) is 22.2 Å². The minimum absolute atomic E-state index is 0.242. The summed E-state index contributed by atoms with van der Waals surface area (Å²) < 4.78 is 0. The Morgan fingerprint density at radius 2 is 1.80 bits per heavy atom. The zero-order valence-corrected chi connectivity index (χ0v) is 15.2. The first-order valence-corrected chi connectivity index (χ1v) is 9.02. The zero-order valence-electron chi connectivity index (χ0n) is 15.2. The van der Waals surface area contributed by atoms with Gasteiger partial charge in [-0.05, 0) is 31.5 Å². The third kappa shape index (κ3) is 3.25. The van der Waals surface area contributed by atoms with Gasteiger partial charge >= 0.3 is 0 Å². The number of benzene rings is 2. The molecule has 4 rings (SSSR count). The van der Waals surface area contributed by atoms with Crippen LogP contribution in [0.1, 0.15) is 27.2 Å². The van der Waals surface area contributed by atoms with Crippen molar-refractivity contribution < 1.29 is 0 Å². The van der Waals surface area contributed by atoms with Crippen molar-refractivity contribution in [2.75, 3.05) is 18.0 Å². The summed E-state index contributed by atoms with van der Waals surface area (Å²) in [6, 6.07) is 21.5. The Balaban J connectivity index is 0.000000880. The van der Waals surface area contributed by atoms with Gasteiger partial charge in [0.05, 0.1) is 11.5 Å². The van der Waals surface area contributed by atoms with Gasteiger partial charge in [0, 0.05) is 40.9 Å². The Kier molecular flexibility index (Phi) is 4.81. The Morgan fingerprint density at radius 1 is 1.08 bits per heavy atom. The highest BCUT2D eigenvalue weighted by Gasteiger charge is 2.34. The molecular weight excluding hydrogens is 306 g/mol. The van der Waals surface area contributed by atoms with Crippen molar-refractivity contribution >= 4 is 16.6 Å². The Labute approximate surface area is 149 Å². The van der Waals surface area contributed by atoms with E-state index in [9.17, 15) is 5.26 Å². The molecule has 1 unspecified atom stereocenters. The summed E-state index contributed by atoms with van der Waals surface area (Å²) >= 11 is 0. The number of anilines is 1. The molecule has 1 aliphatic heterocycles. The molecule has 128 valence electrons. The molecule has 3 aromatic rings. The van der Waals surface area contributed by atoms with Gasteiger partial charge in [-0.2, -0.15) is 5.26 Å². The first-order chi connectivity index (χ1) is 12.2. The first kappa shape index (κ1) is 17.1. The molecule has 1 aliphatic rings. The molecule has 25 heavy (non-hydrogen) atoms. The van der Waals surface area contributed by atoms with Crippen LogP contribution in [0.2, 0.25) is 0 Å². The number of hydrogen-bond acceptors (Lipinski definition) is 2. The van der Waals surface area contributed by atoms with Crippen molar-refractivity contribution in [2.24, 2.45) is 5.41 Å². The van der Waals surface area contributed by atoms with Crippen molar-refractivity contribution in [3.8, 4) is 17.3 Å². The molecule has 0 radical (unpaired) electrons. The van der Waals surface area contributed by atoms with Crippen molar-refractivity contribution in [3.63, 3.8) is 0 Å². The van der Waals surface area contributed by atoms with Gasteiger partial charge in [-0.3, -0.25) is 0 Å². The van der Waals surface area contributed by atoms with Crippen molar-refractivity contribution in [3.05, 3.63) is 54.6 Å². The summed E-state index contributed by atoms with van der Waals surface area (Å²) in [5, 5.41) is 10.6. The SMILES string of the molecule is CC.CC1(C#N)CCN(c2ccccc2-c2cc3ccccc3[nH]2)C1. The minimum Gasteiger partial charge on any atom is -0.369 e. The molecule has 3 nitrogen and oxygen atoms in total. The van der Waals surface area contributed by atoms with Gasteiger partial charge in [-0.1, -0.05) is 50.2 Å². The number of para-hydroxylation sites is 2. The first-order valence-electron chi connectivity index (χ1n) is 9.02. The molecule has 1 aromatic heterocycles. The molecule has 1 fully saturated rings. The summed E-state index contributed by atoms with van der Waals surface area (Å²) in [5.41, 5.74) is 4.45. The van der Waals surface area contributed by atoms with Gasteiger partial charge in [0.2, 0.25) is 0 Å². The summed E-state index contributed by atoms with van der Waals surface area (Å²) in [6.07, 6.45) is 0.921. The van der Waals surface area contributed by atoms with Crippen LogP contribution in [0.5, 0.6) is 0 Å². The molecule has 2 aromatic carbocycles. The minimum atomic E-state index is -0.242. The topological polar surface area (TPSA) is 42.8 Å². The van der Waals surface area contributed by atoms with Crippen molar-refractivity contribution in [2.45, 2.75) is 27.2 Å². The highest BCUT2D eigenvalue weighted by atomic mass is 15.2. The van der Waals surface area contributed by atoms with Gasteiger partial charge in [0.15, 0.2) is 0 Å². The van der Waals surface area contributed by atoms with Crippen LogP contribution < -0.4 is 4.90 Å². The van der Waals surface area contributed by atoms with Gasteiger partial charge in [0.25, 0.3) is 0 Å². The quantitative estimate of drug-likeness (QED) is 0.664. The molecular formula is C22H25N3. The number of hydrogen-bond donors (Lipinski definition) is 1. The van der Waals surface area contributed by atoms with Crippen molar-refractivity contribution in [1.82, 2.24) is 4.98 Å². The average molecular weight is 331 g/mol. The number of fused-ring (bicyclic) bond motifs is 1. The Hall–Kier alpha value is -2.73. The fourth-order valence-electron chi connectivity index (χ4n) is 3.45. The number of nitrogens with zero attached hydrogens (tertiary/aromatic N) is 2. The third-order valence-corrected chi connectivity index (χ3v) is 4.81. The van der Waals surface area contributed by atoms with Crippen molar-refractivity contribution in [1.29, 1.82) is 5.26 Å². The molecule has 0 spiro atoms. The number of aromatic nitrogens is 1. The van der Waals surface area contributed by atoms with Gasteiger partial charge in [0.1, 0.15) is 0 Å². The second-order valence-electron chi connectivity index (χ2n) is 6.63. The summed E-state index contributed by atoms with van der Waals surface area (Å²) in [6.45, 7) is 7.78. The van der Waals surface area contributed by atoms with E-state index in [1.807, 2.05) is 19.9 Å². The van der Waals surface area contributed by atoms with Crippen LogP contribution in [0.4, 0.5) is 5.69 Å². The van der Waals surface area contributed by atoms with Crippen LogP contribution >= 0.6 is 0 Å². The maximum atomic E-state index is 9.39. The normalized spacial score (nSPS) is 19.4. The van der Waals surface area contributed by atoms with Gasteiger partial charge < -0.3 is 9.88 Å². The number of rotatable bonds is 2. The fourth-order valence-corrected chi connectivity index (χ4v) is 3.45. The third-order valence-electron chi connectivity index (χ3n) is 4.81. The highest BCUT2D eigenvalue weighted by Crippen LogP contribution is 2.38. The second-order valence-corrected chi connectivity index (χ2v) is 6.63. The number of nitrogens with one attached hydrogen (secondary N) is 1. The molecule has 1 atom stereocenters. The lowest BCUT2D eigenvalue weighted by Gasteiger charge is -2.22.